The maximum atomic E-state index is 13.0. The molecule has 0 fully saturated rings. The molecule has 0 radical (unpaired) electrons. The molecule has 1 N–H and O–H groups in total. The van der Waals surface area contributed by atoms with Gasteiger partial charge in [-0.3, -0.25) is 9.59 Å². The summed E-state index contributed by atoms with van der Waals surface area (Å²) in [6.07, 6.45) is 0.759. The average molecular weight is 385 g/mol. The molecule has 1 atom stereocenters. The van der Waals surface area contributed by atoms with Gasteiger partial charge in [-0.1, -0.05) is 35.9 Å². The summed E-state index contributed by atoms with van der Waals surface area (Å²) in [4.78, 5) is 30.0. The van der Waals surface area contributed by atoms with Crippen molar-refractivity contribution < 1.29 is 14.7 Å². The largest absolute Gasteiger partial charge is 0.503 e. The van der Waals surface area contributed by atoms with E-state index in [2.05, 4.69) is 0 Å². The van der Waals surface area contributed by atoms with Crippen LogP contribution in [0.5, 0.6) is 0 Å². The van der Waals surface area contributed by atoms with E-state index in [0.29, 0.717) is 11.4 Å². The smallest absolute Gasteiger partial charge is 0.290 e. The second-order valence-corrected chi connectivity index (χ2v) is 7.98. The van der Waals surface area contributed by atoms with Crippen molar-refractivity contribution in [2.45, 2.75) is 19.4 Å². The van der Waals surface area contributed by atoms with Gasteiger partial charge in [0.1, 0.15) is 0 Å². The van der Waals surface area contributed by atoms with Crippen LogP contribution in [0.25, 0.3) is 0 Å². The van der Waals surface area contributed by atoms with Crippen molar-refractivity contribution in [1.82, 2.24) is 9.80 Å². The van der Waals surface area contributed by atoms with Crippen LogP contribution in [-0.4, -0.2) is 53.8 Å². The fraction of sp³-hybridized carbons (Fsp3) is 0.333. The van der Waals surface area contributed by atoms with Crippen LogP contribution in [0, 0.1) is 6.92 Å². The van der Waals surface area contributed by atoms with E-state index in [1.165, 1.54) is 11.3 Å². The van der Waals surface area contributed by atoms with Gasteiger partial charge in [-0.05, 0) is 51.0 Å². The van der Waals surface area contributed by atoms with E-state index < -0.39 is 17.7 Å². The predicted octanol–water partition coefficient (Wildman–Crippen LogP) is 3.59. The van der Waals surface area contributed by atoms with Crippen LogP contribution >= 0.6 is 11.3 Å². The second kappa shape index (κ2) is 8.06. The number of carbonyl (C=O) groups is 2. The molecule has 0 bridgehead atoms. The van der Waals surface area contributed by atoms with Gasteiger partial charge < -0.3 is 14.9 Å². The zero-order valence-corrected chi connectivity index (χ0v) is 16.6. The lowest BCUT2D eigenvalue weighted by molar-refractivity contribution is -0.129. The first kappa shape index (κ1) is 19.3. The van der Waals surface area contributed by atoms with Gasteiger partial charge >= 0.3 is 0 Å². The van der Waals surface area contributed by atoms with Gasteiger partial charge in [0.2, 0.25) is 5.78 Å². The van der Waals surface area contributed by atoms with E-state index in [4.69, 9.17) is 0 Å². The predicted molar refractivity (Wildman–Crippen MR) is 107 cm³/mol. The van der Waals surface area contributed by atoms with Gasteiger partial charge in [-0.2, -0.15) is 0 Å². The van der Waals surface area contributed by atoms with Crippen molar-refractivity contribution >= 4 is 23.0 Å². The molecule has 1 unspecified atom stereocenters. The van der Waals surface area contributed by atoms with Crippen LogP contribution in [0.3, 0.4) is 0 Å². The van der Waals surface area contributed by atoms with Gasteiger partial charge in [0.05, 0.1) is 16.5 Å². The lowest BCUT2D eigenvalue weighted by Gasteiger charge is -2.27. The number of hydrogen-bond acceptors (Lipinski definition) is 5. The highest BCUT2D eigenvalue weighted by Gasteiger charge is 2.43. The van der Waals surface area contributed by atoms with E-state index >= 15 is 0 Å². The van der Waals surface area contributed by atoms with Crippen molar-refractivity contribution in [3.05, 3.63) is 69.1 Å². The SMILES string of the molecule is Cc1ccc(C2C(C(=O)c3cccs3)=C(O)C(=O)N2CCCN(C)C)cc1. The molecule has 2 aromatic rings. The first-order valence-electron chi connectivity index (χ1n) is 8.93. The van der Waals surface area contributed by atoms with Crippen LogP contribution in [0.15, 0.2) is 53.1 Å². The fourth-order valence-electron chi connectivity index (χ4n) is 3.31. The highest BCUT2D eigenvalue weighted by Crippen LogP contribution is 2.39. The number of ketones is 1. The third-order valence-electron chi connectivity index (χ3n) is 4.69. The minimum Gasteiger partial charge on any atom is -0.503 e. The highest BCUT2D eigenvalue weighted by molar-refractivity contribution is 7.12. The Balaban J connectivity index is 1.99. The molecule has 5 nitrogen and oxygen atoms in total. The molecule has 0 saturated heterocycles. The molecule has 0 aliphatic carbocycles. The Morgan fingerprint density at radius 2 is 1.93 bits per heavy atom. The lowest BCUT2D eigenvalue weighted by atomic mass is 9.95. The summed E-state index contributed by atoms with van der Waals surface area (Å²) in [5.41, 5.74) is 2.11. The Hall–Kier alpha value is -2.44. The van der Waals surface area contributed by atoms with E-state index in [-0.39, 0.29) is 11.4 Å². The van der Waals surface area contributed by atoms with Gasteiger partial charge in [0.15, 0.2) is 5.76 Å². The molecule has 2 heterocycles. The van der Waals surface area contributed by atoms with Crippen LogP contribution in [0.4, 0.5) is 0 Å². The van der Waals surface area contributed by atoms with Gasteiger partial charge in [-0.25, -0.2) is 0 Å². The molecule has 3 rings (SSSR count). The monoisotopic (exact) mass is 384 g/mol. The molecule has 0 spiro atoms. The third-order valence-corrected chi connectivity index (χ3v) is 5.56. The zero-order valence-electron chi connectivity index (χ0n) is 15.8. The molecule has 27 heavy (non-hydrogen) atoms. The maximum Gasteiger partial charge on any atom is 0.290 e. The Kier molecular flexibility index (Phi) is 5.77. The number of amides is 1. The van der Waals surface area contributed by atoms with E-state index in [1.54, 1.807) is 17.0 Å². The van der Waals surface area contributed by atoms with Crippen LogP contribution in [-0.2, 0) is 4.79 Å². The minimum atomic E-state index is -0.560. The molecular weight excluding hydrogens is 360 g/mol. The molecule has 1 aliphatic rings. The van der Waals surface area contributed by atoms with E-state index in [1.807, 2.05) is 55.6 Å². The van der Waals surface area contributed by atoms with Crippen molar-refractivity contribution in [2.24, 2.45) is 0 Å². The first-order chi connectivity index (χ1) is 12.9. The first-order valence-corrected chi connectivity index (χ1v) is 9.81. The summed E-state index contributed by atoms with van der Waals surface area (Å²) in [6, 6.07) is 10.7. The van der Waals surface area contributed by atoms with Crippen molar-refractivity contribution in [1.29, 1.82) is 0 Å². The summed E-state index contributed by atoms with van der Waals surface area (Å²) in [5.74, 6) is -1.18. The molecule has 142 valence electrons. The number of thiophene rings is 1. The normalized spacial score (nSPS) is 17.3. The van der Waals surface area contributed by atoms with Crippen molar-refractivity contribution in [3.63, 3.8) is 0 Å². The van der Waals surface area contributed by atoms with Crippen molar-refractivity contribution in [3.8, 4) is 0 Å². The average Bonchev–Trinajstić information content (AvgIpc) is 3.25. The van der Waals surface area contributed by atoms with Crippen LogP contribution in [0.2, 0.25) is 0 Å². The third kappa shape index (κ3) is 3.96. The summed E-state index contributed by atoms with van der Waals surface area (Å²) < 4.78 is 0. The molecule has 1 aliphatic heterocycles. The number of aliphatic hydroxyl groups is 1. The minimum absolute atomic E-state index is 0.177. The summed E-state index contributed by atoms with van der Waals surface area (Å²) in [5, 5.41) is 12.4. The van der Waals surface area contributed by atoms with E-state index in [0.717, 1.165) is 24.1 Å². The number of nitrogens with zero attached hydrogens (tertiary/aromatic N) is 2. The number of rotatable bonds is 7. The van der Waals surface area contributed by atoms with Gasteiger partial charge in [0.25, 0.3) is 5.91 Å². The van der Waals surface area contributed by atoms with Crippen molar-refractivity contribution in [2.75, 3.05) is 27.2 Å². The van der Waals surface area contributed by atoms with E-state index in [9.17, 15) is 14.7 Å². The standard InChI is InChI=1S/C21H24N2O3S/c1-14-7-9-15(10-8-14)18-17(19(24)16-6-4-13-27-16)20(25)21(26)23(18)12-5-11-22(2)3/h4,6-10,13,18,25H,5,11-12H2,1-3H3. The topological polar surface area (TPSA) is 60.9 Å². The number of benzene rings is 1. The molecule has 1 aromatic heterocycles. The van der Waals surface area contributed by atoms with Gasteiger partial charge in [0, 0.05) is 6.54 Å². The molecule has 0 saturated carbocycles. The Morgan fingerprint density at radius 1 is 1.22 bits per heavy atom. The molecule has 1 aromatic carbocycles. The Labute approximate surface area is 163 Å². The quantitative estimate of drug-likeness (QED) is 0.741. The molecule has 1 amide bonds. The lowest BCUT2D eigenvalue weighted by Crippen LogP contribution is -2.33. The summed E-state index contributed by atoms with van der Waals surface area (Å²) in [7, 11) is 3.95. The number of aliphatic hydroxyl groups excluding tert-OH is 1. The zero-order chi connectivity index (χ0) is 19.6. The maximum absolute atomic E-state index is 13.0. The number of hydrogen-bond donors (Lipinski definition) is 1. The van der Waals surface area contributed by atoms with Crippen LogP contribution in [0.1, 0.15) is 33.3 Å². The van der Waals surface area contributed by atoms with Crippen LogP contribution < -0.4 is 0 Å². The number of Topliss-reactive ketones (excluding diaryl/α,β-unsaturated/α-hetero) is 1. The molecular formula is C21H24N2O3S. The second-order valence-electron chi connectivity index (χ2n) is 7.04. The summed E-state index contributed by atoms with van der Waals surface area (Å²) >= 11 is 1.31. The Bertz CT molecular complexity index is 854. The Morgan fingerprint density at radius 3 is 2.52 bits per heavy atom. The molecule has 6 heteroatoms. The summed E-state index contributed by atoms with van der Waals surface area (Å²) in [6.45, 7) is 3.28. The number of carbonyl (C=O) groups excluding carboxylic acids is 2. The highest BCUT2D eigenvalue weighted by atomic mass is 32.1. The number of aryl methyl sites for hydroxylation is 1. The fourth-order valence-corrected chi connectivity index (χ4v) is 3.99. The van der Waals surface area contributed by atoms with Gasteiger partial charge in [-0.15, -0.1) is 11.3 Å².